The van der Waals surface area contributed by atoms with Gasteiger partial charge in [0.1, 0.15) is 6.33 Å². The SMILES string of the molecule is OB(O)c1cc(-c2ccccc2)ncn1. The van der Waals surface area contributed by atoms with E-state index in [-0.39, 0.29) is 5.59 Å². The van der Waals surface area contributed by atoms with E-state index in [2.05, 4.69) is 9.97 Å². The molecule has 0 unspecified atom stereocenters. The summed E-state index contributed by atoms with van der Waals surface area (Å²) >= 11 is 0. The molecule has 4 nitrogen and oxygen atoms in total. The highest BCUT2D eigenvalue weighted by Gasteiger charge is 2.13. The van der Waals surface area contributed by atoms with Gasteiger partial charge in [0.05, 0.1) is 11.3 Å². The van der Waals surface area contributed by atoms with Crippen LogP contribution in [0.15, 0.2) is 42.7 Å². The summed E-state index contributed by atoms with van der Waals surface area (Å²) in [6.07, 6.45) is 1.32. The Hall–Kier alpha value is -1.72. The molecule has 0 atom stereocenters. The molecule has 0 aliphatic rings. The highest BCUT2D eigenvalue weighted by Crippen LogP contribution is 2.13. The first kappa shape index (κ1) is 9.83. The van der Waals surface area contributed by atoms with Crippen LogP contribution in [0.5, 0.6) is 0 Å². The zero-order valence-electron chi connectivity index (χ0n) is 7.91. The largest absolute Gasteiger partial charge is 0.508 e. The van der Waals surface area contributed by atoms with Gasteiger partial charge in [0.2, 0.25) is 0 Å². The van der Waals surface area contributed by atoms with Gasteiger partial charge in [-0.1, -0.05) is 30.3 Å². The van der Waals surface area contributed by atoms with E-state index >= 15 is 0 Å². The van der Waals surface area contributed by atoms with Gasteiger partial charge in [-0.05, 0) is 6.07 Å². The van der Waals surface area contributed by atoms with Gasteiger partial charge in [0.15, 0.2) is 0 Å². The Kier molecular flexibility index (Phi) is 2.76. The van der Waals surface area contributed by atoms with Crippen LogP contribution >= 0.6 is 0 Å². The lowest BCUT2D eigenvalue weighted by atomic mass is 9.85. The third-order valence-corrected chi connectivity index (χ3v) is 2.02. The quantitative estimate of drug-likeness (QED) is 0.660. The minimum atomic E-state index is -1.56. The third kappa shape index (κ3) is 2.20. The lowest BCUT2D eigenvalue weighted by Crippen LogP contribution is -2.32. The van der Waals surface area contributed by atoms with Gasteiger partial charge in [0.25, 0.3) is 0 Å². The molecule has 1 aromatic carbocycles. The first-order valence-electron chi connectivity index (χ1n) is 4.51. The number of aromatic nitrogens is 2. The number of benzene rings is 1. The number of hydrogen-bond donors (Lipinski definition) is 2. The summed E-state index contributed by atoms with van der Waals surface area (Å²) in [7, 11) is -1.56. The number of hydrogen-bond acceptors (Lipinski definition) is 4. The van der Waals surface area contributed by atoms with E-state index in [9.17, 15) is 0 Å². The Morgan fingerprint density at radius 3 is 2.40 bits per heavy atom. The van der Waals surface area contributed by atoms with Crippen molar-refractivity contribution in [3.05, 3.63) is 42.7 Å². The van der Waals surface area contributed by atoms with Crippen LogP contribution in [0, 0.1) is 0 Å². The first-order valence-corrected chi connectivity index (χ1v) is 4.51. The van der Waals surface area contributed by atoms with Crippen LogP contribution in [0.1, 0.15) is 0 Å². The van der Waals surface area contributed by atoms with Crippen molar-refractivity contribution in [2.24, 2.45) is 0 Å². The molecule has 0 spiro atoms. The summed E-state index contributed by atoms with van der Waals surface area (Å²) in [6, 6.07) is 11.1. The third-order valence-electron chi connectivity index (χ3n) is 2.02. The van der Waals surface area contributed by atoms with Crippen molar-refractivity contribution >= 4 is 12.7 Å². The average molecular weight is 200 g/mol. The molecule has 15 heavy (non-hydrogen) atoms. The fourth-order valence-corrected chi connectivity index (χ4v) is 1.28. The zero-order chi connectivity index (χ0) is 10.7. The van der Waals surface area contributed by atoms with E-state index in [1.807, 2.05) is 30.3 Å². The monoisotopic (exact) mass is 200 g/mol. The van der Waals surface area contributed by atoms with Crippen LogP contribution in [0.3, 0.4) is 0 Å². The molecule has 2 aromatic rings. The van der Waals surface area contributed by atoms with Crippen LogP contribution in [0.25, 0.3) is 11.3 Å². The fraction of sp³-hybridized carbons (Fsp3) is 0. The first-order chi connectivity index (χ1) is 7.27. The Morgan fingerprint density at radius 2 is 1.73 bits per heavy atom. The molecule has 1 aromatic heterocycles. The van der Waals surface area contributed by atoms with Crippen molar-refractivity contribution in [1.29, 1.82) is 0 Å². The van der Waals surface area contributed by atoms with Crippen molar-refractivity contribution in [2.75, 3.05) is 0 Å². The molecule has 0 saturated carbocycles. The maximum Gasteiger partial charge on any atom is 0.508 e. The average Bonchev–Trinajstić information content (AvgIpc) is 2.30. The van der Waals surface area contributed by atoms with Gasteiger partial charge in [-0.15, -0.1) is 0 Å². The molecule has 0 bridgehead atoms. The number of rotatable bonds is 2. The second-order valence-corrected chi connectivity index (χ2v) is 3.07. The molecule has 0 radical (unpaired) electrons. The summed E-state index contributed by atoms with van der Waals surface area (Å²) < 4.78 is 0. The van der Waals surface area contributed by atoms with Crippen LogP contribution in [-0.4, -0.2) is 27.1 Å². The van der Waals surface area contributed by atoms with Crippen LogP contribution in [0.2, 0.25) is 0 Å². The minimum Gasteiger partial charge on any atom is -0.422 e. The molecule has 2 rings (SSSR count). The summed E-state index contributed by atoms with van der Waals surface area (Å²) in [5.41, 5.74) is 1.79. The Morgan fingerprint density at radius 1 is 1.00 bits per heavy atom. The molecular weight excluding hydrogens is 191 g/mol. The number of nitrogens with zero attached hydrogens (tertiary/aromatic N) is 2. The molecule has 5 heteroatoms. The second kappa shape index (κ2) is 4.21. The second-order valence-electron chi connectivity index (χ2n) is 3.07. The molecule has 0 aliphatic carbocycles. The van der Waals surface area contributed by atoms with Crippen molar-refractivity contribution in [1.82, 2.24) is 9.97 Å². The van der Waals surface area contributed by atoms with E-state index in [4.69, 9.17) is 10.0 Å². The Bertz CT molecular complexity index is 448. The van der Waals surface area contributed by atoms with Crippen LogP contribution < -0.4 is 5.59 Å². The standard InChI is InChI=1S/C10H9BN2O2/c14-11(15)10-6-9(12-7-13-10)8-4-2-1-3-5-8/h1-7,14-15H. The summed E-state index contributed by atoms with van der Waals surface area (Å²) in [4.78, 5) is 7.81. The summed E-state index contributed by atoms with van der Waals surface area (Å²) in [6.45, 7) is 0. The normalized spacial score (nSPS) is 10.0. The molecular formula is C10H9BN2O2. The molecule has 0 aliphatic heterocycles. The smallest absolute Gasteiger partial charge is 0.422 e. The topological polar surface area (TPSA) is 66.2 Å². The Balaban J connectivity index is 2.42. The van der Waals surface area contributed by atoms with E-state index in [1.54, 1.807) is 6.07 Å². The highest BCUT2D eigenvalue weighted by atomic mass is 16.4. The van der Waals surface area contributed by atoms with Gasteiger partial charge >= 0.3 is 7.12 Å². The van der Waals surface area contributed by atoms with Crippen LogP contribution in [0.4, 0.5) is 0 Å². The molecule has 0 fully saturated rings. The Labute approximate surface area is 87.4 Å². The van der Waals surface area contributed by atoms with Crippen molar-refractivity contribution in [3.8, 4) is 11.3 Å². The van der Waals surface area contributed by atoms with Crippen molar-refractivity contribution < 1.29 is 10.0 Å². The van der Waals surface area contributed by atoms with Gasteiger partial charge in [-0.3, -0.25) is 0 Å². The van der Waals surface area contributed by atoms with Gasteiger partial charge in [0, 0.05) is 5.56 Å². The van der Waals surface area contributed by atoms with E-state index < -0.39 is 7.12 Å². The lowest BCUT2D eigenvalue weighted by Gasteiger charge is -2.02. The molecule has 0 saturated heterocycles. The van der Waals surface area contributed by atoms with Gasteiger partial charge < -0.3 is 10.0 Å². The van der Waals surface area contributed by atoms with Crippen molar-refractivity contribution in [2.45, 2.75) is 0 Å². The van der Waals surface area contributed by atoms with E-state index in [0.29, 0.717) is 5.69 Å². The van der Waals surface area contributed by atoms with Gasteiger partial charge in [-0.25, -0.2) is 9.97 Å². The van der Waals surface area contributed by atoms with E-state index in [1.165, 1.54) is 6.33 Å². The highest BCUT2D eigenvalue weighted by molar-refractivity contribution is 6.57. The van der Waals surface area contributed by atoms with Gasteiger partial charge in [-0.2, -0.15) is 0 Å². The maximum absolute atomic E-state index is 8.96. The van der Waals surface area contributed by atoms with Crippen LogP contribution in [-0.2, 0) is 0 Å². The van der Waals surface area contributed by atoms with E-state index in [0.717, 1.165) is 5.56 Å². The predicted molar refractivity (Wildman–Crippen MR) is 57.3 cm³/mol. The molecule has 1 heterocycles. The zero-order valence-corrected chi connectivity index (χ0v) is 7.91. The predicted octanol–water partition coefficient (Wildman–Crippen LogP) is -0.177. The molecule has 0 amide bonds. The summed E-state index contributed by atoms with van der Waals surface area (Å²) in [5.74, 6) is 0. The summed E-state index contributed by atoms with van der Waals surface area (Å²) in [5, 5.41) is 17.9. The fourth-order valence-electron chi connectivity index (χ4n) is 1.28. The minimum absolute atomic E-state index is 0.198. The molecule has 74 valence electrons. The maximum atomic E-state index is 8.96. The lowest BCUT2D eigenvalue weighted by molar-refractivity contribution is 0.424. The van der Waals surface area contributed by atoms with Crippen molar-refractivity contribution in [3.63, 3.8) is 0 Å². The molecule has 2 N–H and O–H groups in total.